The van der Waals surface area contributed by atoms with Gasteiger partial charge in [-0.3, -0.25) is 9.89 Å². The van der Waals surface area contributed by atoms with Crippen LogP contribution in [0.15, 0.2) is 72.8 Å². The van der Waals surface area contributed by atoms with Crippen molar-refractivity contribution in [1.29, 1.82) is 0 Å². The van der Waals surface area contributed by atoms with Crippen molar-refractivity contribution in [2.45, 2.75) is 89.1 Å². The first-order valence-corrected chi connectivity index (χ1v) is 15.8. The summed E-state index contributed by atoms with van der Waals surface area (Å²) < 4.78 is 12.1. The van der Waals surface area contributed by atoms with Crippen molar-refractivity contribution in [1.82, 2.24) is 20.4 Å². The number of nitrogens with one attached hydrogen (secondary N) is 2. The second-order valence-corrected chi connectivity index (χ2v) is 13.5. The smallest absolute Gasteiger partial charge is 0.410 e. The molecular formula is C36H40N4O4. The molecule has 44 heavy (non-hydrogen) atoms. The minimum absolute atomic E-state index is 0.0236. The maximum atomic E-state index is 13.4. The summed E-state index contributed by atoms with van der Waals surface area (Å²) >= 11 is 0. The van der Waals surface area contributed by atoms with Gasteiger partial charge in [-0.05, 0) is 100 Å². The zero-order chi connectivity index (χ0) is 30.4. The molecule has 0 spiro atoms. The number of aromatic amines is 1. The van der Waals surface area contributed by atoms with Crippen molar-refractivity contribution in [2.75, 3.05) is 0 Å². The van der Waals surface area contributed by atoms with Crippen LogP contribution in [0.5, 0.6) is 5.75 Å². The van der Waals surface area contributed by atoms with Gasteiger partial charge in [-0.2, -0.15) is 5.10 Å². The monoisotopic (exact) mass is 592 g/mol. The summed E-state index contributed by atoms with van der Waals surface area (Å²) in [6, 6.07) is 24.3. The van der Waals surface area contributed by atoms with E-state index in [9.17, 15) is 9.59 Å². The Morgan fingerprint density at radius 3 is 2.30 bits per heavy atom. The molecule has 1 aromatic heterocycles. The average Bonchev–Trinajstić information content (AvgIpc) is 3.69. The third-order valence-corrected chi connectivity index (χ3v) is 9.09. The van der Waals surface area contributed by atoms with Crippen LogP contribution in [0.4, 0.5) is 4.79 Å². The highest BCUT2D eigenvalue weighted by Gasteiger charge is 2.45. The van der Waals surface area contributed by atoms with E-state index in [-0.39, 0.29) is 36.2 Å². The number of piperidine rings is 1. The molecule has 3 aromatic carbocycles. The Labute approximate surface area is 258 Å². The summed E-state index contributed by atoms with van der Waals surface area (Å²) in [5.41, 5.74) is 3.89. The number of amides is 2. The predicted molar refractivity (Wildman–Crippen MR) is 169 cm³/mol. The predicted octanol–water partition coefficient (Wildman–Crippen LogP) is 7.42. The van der Waals surface area contributed by atoms with Crippen molar-refractivity contribution in [3.8, 4) is 17.0 Å². The summed E-state index contributed by atoms with van der Waals surface area (Å²) in [5.74, 6) is 1.22. The molecule has 4 atom stereocenters. The fraction of sp³-hybridized carbons (Fsp3) is 0.417. The Bertz CT molecular complexity index is 1640. The van der Waals surface area contributed by atoms with Crippen molar-refractivity contribution < 1.29 is 19.1 Å². The molecule has 2 aliphatic heterocycles. The summed E-state index contributed by atoms with van der Waals surface area (Å²) in [5, 5.41) is 11.9. The number of H-pyrrole nitrogens is 1. The zero-order valence-electron chi connectivity index (χ0n) is 25.6. The number of ether oxygens (including phenoxy) is 2. The summed E-state index contributed by atoms with van der Waals surface area (Å²) in [7, 11) is 0. The molecule has 1 saturated carbocycles. The molecule has 3 fully saturated rings. The van der Waals surface area contributed by atoms with Crippen LogP contribution in [-0.4, -0.2) is 50.9 Å². The Balaban J connectivity index is 1.03. The highest BCUT2D eigenvalue weighted by atomic mass is 16.6. The van der Waals surface area contributed by atoms with Crippen LogP contribution in [0.1, 0.15) is 81.3 Å². The molecule has 2 saturated heterocycles. The second kappa shape index (κ2) is 11.3. The van der Waals surface area contributed by atoms with E-state index < -0.39 is 5.60 Å². The summed E-state index contributed by atoms with van der Waals surface area (Å²) in [6.45, 7) is 5.72. The normalized spacial score (nSPS) is 22.1. The lowest BCUT2D eigenvalue weighted by Crippen LogP contribution is -2.50. The van der Waals surface area contributed by atoms with Gasteiger partial charge >= 0.3 is 6.09 Å². The Hall–Kier alpha value is -4.33. The molecule has 0 radical (unpaired) electrons. The van der Waals surface area contributed by atoms with Gasteiger partial charge in [-0.25, -0.2) is 4.79 Å². The lowest BCUT2D eigenvalue weighted by molar-refractivity contribution is -0.00708. The molecule has 3 aliphatic rings. The Kier molecular flexibility index (Phi) is 7.31. The third kappa shape index (κ3) is 5.90. The van der Waals surface area contributed by atoms with Crippen LogP contribution in [0.3, 0.4) is 0 Å². The fourth-order valence-electron chi connectivity index (χ4n) is 6.88. The fourth-order valence-corrected chi connectivity index (χ4v) is 6.88. The molecule has 8 heteroatoms. The number of aromatic nitrogens is 2. The maximum absolute atomic E-state index is 13.4. The van der Waals surface area contributed by atoms with E-state index in [1.807, 2.05) is 86.3 Å². The first kappa shape index (κ1) is 28.4. The van der Waals surface area contributed by atoms with Gasteiger partial charge in [0.25, 0.3) is 5.91 Å². The largest absolute Gasteiger partial charge is 0.490 e. The first-order chi connectivity index (χ1) is 21.2. The third-order valence-electron chi connectivity index (χ3n) is 9.09. The first-order valence-electron chi connectivity index (χ1n) is 15.8. The topological polar surface area (TPSA) is 96.5 Å². The molecule has 3 heterocycles. The molecular weight excluding hydrogens is 552 g/mol. The SMILES string of the molecule is CC(C)(C)OC(=O)N1[C@@H]2CC[C@H]1CC(Oc1ccc(-c3n[nH]c4ccc(C(=O)NC(c5ccccc5)C5CC5)cc34)cc1)C2. The number of carbonyl (C=O) groups is 2. The quantitative estimate of drug-likeness (QED) is 0.233. The van der Waals surface area contributed by atoms with E-state index in [1.54, 1.807) is 0 Å². The van der Waals surface area contributed by atoms with Crippen molar-refractivity contribution in [3.63, 3.8) is 0 Å². The van der Waals surface area contributed by atoms with Gasteiger partial charge in [0.1, 0.15) is 17.5 Å². The maximum Gasteiger partial charge on any atom is 0.410 e. The van der Waals surface area contributed by atoms with Crippen LogP contribution in [0, 0.1) is 5.92 Å². The van der Waals surface area contributed by atoms with Gasteiger partial charge < -0.3 is 19.7 Å². The highest BCUT2D eigenvalue weighted by molar-refractivity contribution is 6.01. The number of rotatable bonds is 7. The van der Waals surface area contributed by atoms with E-state index in [0.29, 0.717) is 11.5 Å². The average molecular weight is 593 g/mol. The van der Waals surface area contributed by atoms with Gasteiger partial charge in [0.15, 0.2) is 0 Å². The Morgan fingerprint density at radius 1 is 0.932 bits per heavy atom. The van der Waals surface area contributed by atoms with Crippen LogP contribution in [0.25, 0.3) is 22.2 Å². The second-order valence-electron chi connectivity index (χ2n) is 13.5. The summed E-state index contributed by atoms with van der Waals surface area (Å²) in [4.78, 5) is 28.1. The minimum Gasteiger partial charge on any atom is -0.490 e. The molecule has 4 aromatic rings. The van der Waals surface area contributed by atoms with Crippen LogP contribution < -0.4 is 10.1 Å². The number of benzene rings is 3. The number of hydrogen-bond donors (Lipinski definition) is 2. The van der Waals surface area contributed by atoms with Gasteiger partial charge in [0.2, 0.25) is 0 Å². The highest BCUT2D eigenvalue weighted by Crippen LogP contribution is 2.41. The van der Waals surface area contributed by atoms with E-state index in [4.69, 9.17) is 9.47 Å². The van der Waals surface area contributed by atoms with Crippen molar-refractivity contribution in [2.24, 2.45) is 5.92 Å². The standard InChI is InChI=1S/C36H40N4O4/c1-36(2,3)44-35(42)40-26-14-15-27(40)21-29(20-26)43-28-16-11-24(12-17-28)33-30-19-25(13-18-31(30)38-39-33)34(41)37-32(23-9-10-23)22-7-5-4-6-8-22/h4-8,11-13,16-19,23,26-27,29,32H,9-10,14-15,20-21H2,1-3H3,(H,37,41)(H,38,39)/t26-,27+,29?,32?. The minimum atomic E-state index is -0.499. The number of hydrogen-bond acceptors (Lipinski definition) is 5. The van der Waals surface area contributed by atoms with Crippen molar-refractivity contribution in [3.05, 3.63) is 83.9 Å². The zero-order valence-corrected chi connectivity index (χ0v) is 25.6. The molecule has 228 valence electrons. The number of carbonyl (C=O) groups excluding carboxylic acids is 2. The molecule has 8 nitrogen and oxygen atoms in total. The number of nitrogens with zero attached hydrogens (tertiary/aromatic N) is 2. The Morgan fingerprint density at radius 2 is 1.64 bits per heavy atom. The molecule has 2 N–H and O–H groups in total. The molecule has 7 rings (SSSR count). The van der Waals surface area contributed by atoms with Gasteiger partial charge in [-0.1, -0.05) is 30.3 Å². The molecule has 2 bridgehead atoms. The lowest BCUT2D eigenvalue weighted by atomic mass is 10.00. The molecule has 1 aliphatic carbocycles. The lowest BCUT2D eigenvalue weighted by Gasteiger charge is -2.39. The van der Waals surface area contributed by atoms with E-state index >= 15 is 0 Å². The van der Waals surface area contributed by atoms with Gasteiger partial charge in [0, 0.05) is 41.4 Å². The number of fused-ring (bicyclic) bond motifs is 3. The van der Waals surface area contributed by atoms with Crippen molar-refractivity contribution >= 4 is 22.9 Å². The van der Waals surface area contributed by atoms with Crippen LogP contribution in [0.2, 0.25) is 0 Å². The summed E-state index contributed by atoms with van der Waals surface area (Å²) in [6.07, 6.45) is 5.70. The van der Waals surface area contributed by atoms with E-state index in [2.05, 4.69) is 27.6 Å². The van der Waals surface area contributed by atoms with Gasteiger partial charge in [0.05, 0.1) is 17.3 Å². The van der Waals surface area contributed by atoms with Crippen LogP contribution in [-0.2, 0) is 4.74 Å². The van der Waals surface area contributed by atoms with E-state index in [0.717, 1.165) is 72.0 Å². The van der Waals surface area contributed by atoms with Crippen LogP contribution >= 0.6 is 0 Å². The molecule has 2 unspecified atom stereocenters. The van der Waals surface area contributed by atoms with Gasteiger partial charge in [-0.15, -0.1) is 0 Å². The van der Waals surface area contributed by atoms with E-state index in [1.165, 1.54) is 0 Å². The molecule has 2 amide bonds.